The maximum absolute atomic E-state index is 12.0. The van der Waals surface area contributed by atoms with E-state index in [1.807, 2.05) is 0 Å². The van der Waals surface area contributed by atoms with Crippen LogP contribution in [0.5, 0.6) is 5.75 Å². The molecule has 2 rings (SSSR count). The summed E-state index contributed by atoms with van der Waals surface area (Å²) in [6.45, 7) is -0.791. The number of nitrogens with one attached hydrogen (secondary N) is 1. The van der Waals surface area contributed by atoms with Gasteiger partial charge in [0.25, 0.3) is 5.56 Å². The average Bonchev–Trinajstić information content (AvgIpc) is 2.76. The summed E-state index contributed by atoms with van der Waals surface area (Å²) >= 11 is 0. The molecule has 1 aromatic heterocycles. The van der Waals surface area contributed by atoms with Crippen molar-refractivity contribution in [2.45, 2.75) is 24.5 Å². The summed E-state index contributed by atoms with van der Waals surface area (Å²) in [5.41, 5.74) is -4.30. The van der Waals surface area contributed by atoms with Crippen molar-refractivity contribution >= 4 is 13.8 Å². The number of phosphoric acid groups is 1. The molecule has 0 bridgehead atoms. The molecule has 0 radical (unpaired) electrons. The van der Waals surface area contributed by atoms with Crippen LogP contribution in [-0.2, 0) is 9.30 Å². The third kappa shape index (κ3) is 3.64. The van der Waals surface area contributed by atoms with E-state index in [0.717, 1.165) is 0 Å². The molecule has 0 unspecified atom stereocenters. The summed E-state index contributed by atoms with van der Waals surface area (Å²) in [5.74, 6) is -3.41. The van der Waals surface area contributed by atoms with E-state index in [0.29, 0.717) is 0 Å². The van der Waals surface area contributed by atoms with E-state index in [1.54, 1.807) is 4.98 Å². The number of aliphatic hydroxyl groups excluding tert-OH is 3. The quantitative estimate of drug-likeness (QED) is 0.243. The molecule has 1 aromatic rings. The zero-order valence-electron chi connectivity index (χ0n) is 12.0. The van der Waals surface area contributed by atoms with Crippen LogP contribution < -0.4 is 15.8 Å². The maximum atomic E-state index is 12.0. The molecule has 7 N–H and O–H groups in total. The van der Waals surface area contributed by atoms with E-state index >= 15 is 0 Å². The third-order valence-corrected chi connectivity index (χ3v) is 3.71. The van der Waals surface area contributed by atoms with Crippen molar-refractivity contribution in [3.63, 3.8) is 0 Å². The lowest BCUT2D eigenvalue weighted by Gasteiger charge is -2.21. The molecule has 0 spiro atoms. The predicted molar refractivity (Wildman–Crippen MR) is 74.0 cm³/mol. The number of carbonyl (C=O) groups is 1. The Labute approximate surface area is 136 Å². The highest BCUT2D eigenvalue weighted by molar-refractivity contribution is 7.46. The molecule has 15 heteroatoms. The predicted octanol–water partition coefficient (Wildman–Crippen LogP) is -3.68. The zero-order chi connectivity index (χ0) is 19.1. The number of H-pyrrole nitrogens is 1. The Hall–Kier alpha value is -2.06. The van der Waals surface area contributed by atoms with E-state index in [4.69, 9.17) is 19.6 Å². The number of aromatic nitrogens is 2. The molecule has 0 saturated carbocycles. The normalized spacial score (nSPS) is 26.6. The smallest absolute Gasteiger partial charge is 0.476 e. The van der Waals surface area contributed by atoms with Crippen LogP contribution in [-0.4, -0.2) is 70.7 Å². The summed E-state index contributed by atoms with van der Waals surface area (Å²) in [5, 5.41) is 37.9. The second-order valence-electron chi connectivity index (χ2n) is 4.92. The Morgan fingerprint density at radius 1 is 1.28 bits per heavy atom. The number of hydrogen-bond acceptors (Lipinski definition) is 9. The minimum atomic E-state index is -5.38. The molecule has 1 aliphatic heterocycles. The number of rotatable bonds is 5. The van der Waals surface area contributed by atoms with Gasteiger partial charge in [-0.15, -0.1) is 0 Å². The first-order valence-corrected chi connectivity index (χ1v) is 8.00. The maximum Gasteiger partial charge on any atom is 0.525 e. The minimum absolute atomic E-state index is 0.137. The van der Waals surface area contributed by atoms with Gasteiger partial charge in [0.05, 0.1) is 6.61 Å². The van der Waals surface area contributed by atoms with Crippen molar-refractivity contribution < 1.29 is 48.8 Å². The monoisotopic (exact) mass is 384 g/mol. The molecule has 0 aromatic carbocycles. The molecule has 0 amide bonds. The molecule has 25 heavy (non-hydrogen) atoms. The molecule has 1 aliphatic rings. The lowest BCUT2D eigenvalue weighted by atomic mass is 10.1. The van der Waals surface area contributed by atoms with Gasteiger partial charge in [0, 0.05) is 0 Å². The van der Waals surface area contributed by atoms with Crippen molar-refractivity contribution in [2.24, 2.45) is 0 Å². The number of phosphoric ester groups is 1. The van der Waals surface area contributed by atoms with Crippen LogP contribution in [0, 0.1) is 0 Å². The fraction of sp³-hybridized carbons (Fsp3) is 0.500. The number of carboxylic acid groups (broad SMARTS) is 1. The first-order chi connectivity index (χ1) is 11.5. The van der Waals surface area contributed by atoms with Gasteiger partial charge in [-0.1, -0.05) is 0 Å². The fourth-order valence-electron chi connectivity index (χ4n) is 2.27. The van der Waals surface area contributed by atoms with Gasteiger partial charge in [-0.25, -0.2) is 14.2 Å². The second kappa shape index (κ2) is 6.68. The van der Waals surface area contributed by atoms with Gasteiger partial charge in [-0.3, -0.25) is 24.1 Å². The van der Waals surface area contributed by atoms with Gasteiger partial charge in [0.15, 0.2) is 11.9 Å². The number of aliphatic hydroxyl groups is 3. The topological polar surface area (TPSA) is 229 Å². The second-order valence-corrected chi connectivity index (χ2v) is 6.09. The van der Waals surface area contributed by atoms with Crippen molar-refractivity contribution in [1.29, 1.82) is 0 Å². The van der Waals surface area contributed by atoms with E-state index in [-0.39, 0.29) is 4.57 Å². The van der Waals surface area contributed by atoms with Crippen LogP contribution in [0.4, 0.5) is 0 Å². The SMILES string of the molecule is O=C(O)c1c(OP(=O)(O)O)c(=O)[nH]c(=O)n1[C@@H]1O[C@H](CO)[C@@H](O)[C@H]1O. The first-order valence-electron chi connectivity index (χ1n) is 6.47. The Morgan fingerprint density at radius 2 is 1.88 bits per heavy atom. The Morgan fingerprint density at radius 3 is 2.32 bits per heavy atom. The number of carboxylic acids is 1. The average molecular weight is 384 g/mol. The lowest BCUT2D eigenvalue weighted by Crippen LogP contribution is -2.41. The molecule has 1 fully saturated rings. The van der Waals surface area contributed by atoms with Crippen molar-refractivity contribution in [3.05, 3.63) is 26.5 Å². The molecular weight excluding hydrogens is 371 g/mol. The highest BCUT2D eigenvalue weighted by atomic mass is 31.2. The summed E-state index contributed by atoms with van der Waals surface area (Å²) in [6, 6.07) is 0. The molecule has 2 heterocycles. The summed E-state index contributed by atoms with van der Waals surface area (Å²) in [6.07, 6.45) is -6.88. The Balaban J connectivity index is 2.72. The van der Waals surface area contributed by atoms with E-state index in [9.17, 15) is 34.3 Å². The van der Waals surface area contributed by atoms with E-state index < -0.39 is 67.6 Å². The molecule has 0 aliphatic carbocycles. The molecule has 1 saturated heterocycles. The third-order valence-electron chi connectivity index (χ3n) is 3.29. The van der Waals surface area contributed by atoms with E-state index in [1.165, 1.54) is 0 Å². The molecule has 140 valence electrons. The summed E-state index contributed by atoms with van der Waals surface area (Å²) in [4.78, 5) is 54.3. The Bertz CT molecular complexity index is 839. The van der Waals surface area contributed by atoms with Crippen LogP contribution in [0.1, 0.15) is 16.7 Å². The van der Waals surface area contributed by atoms with Gasteiger partial charge in [-0.2, -0.15) is 0 Å². The van der Waals surface area contributed by atoms with Crippen LogP contribution in [0.2, 0.25) is 0 Å². The Kier molecular flexibility index (Phi) is 5.15. The molecular formula is C10H13N2O12P. The first kappa shape index (κ1) is 19.3. The largest absolute Gasteiger partial charge is 0.525 e. The van der Waals surface area contributed by atoms with Crippen molar-refractivity contribution in [3.8, 4) is 5.75 Å². The van der Waals surface area contributed by atoms with Crippen LogP contribution in [0.25, 0.3) is 0 Å². The van der Waals surface area contributed by atoms with Crippen LogP contribution >= 0.6 is 7.82 Å². The van der Waals surface area contributed by atoms with Crippen LogP contribution in [0.15, 0.2) is 9.59 Å². The van der Waals surface area contributed by atoms with Crippen molar-refractivity contribution in [2.75, 3.05) is 6.61 Å². The number of nitrogens with zero attached hydrogens (tertiary/aromatic N) is 1. The number of ether oxygens (including phenoxy) is 1. The molecule has 4 atom stereocenters. The van der Waals surface area contributed by atoms with Crippen molar-refractivity contribution in [1.82, 2.24) is 9.55 Å². The fourth-order valence-corrected chi connectivity index (χ4v) is 2.68. The number of aromatic amines is 1. The van der Waals surface area contributed by atoms with E-state index in [2.05, 4.69) is 4.52 Å². The van der Waals surface area contributed by atoms with Gasteiger partial charge >= 0.3 is 19.5 Å². The number of hydrogen-bond donors (Lipinski definition) is 7. The van der Waals surface area contributed by atoms with Crippen LogP contribution in [0.3, 0.4) is 0 Å². The van der Waals surface area contributed by atoms with Gasteiger partial charge in [0.1, 0.15) is 18.3 Å². The highest BCUT2D eigenvalue weighted by Gasteiger charge is 2.46. The van der Waals surface area contributed by atoms with Gasteiger partial charge in [0.2, 0.25) is 5.75 Å². The minimum Gasteiger partial charge on any atom is -0.476 e. The zero-order valence-corrected chi connectivity index (χ0v) is 12.9. The molecule has 14 nitrogen and oxygen atoms in total. The standard InChI is InChI=1S/C10H13N2O12P/c13-1-2-4(14)5(15)8(23-2)12-3(9(17)18)6(24-25(20,21)22)7(16)11-10(12)19/h2,4-5,8,13-15H,1H2,(H,17,18)(H,11,16,19)(H2,20,21,22)/t2-,4-,5-,8-/m1/s1. The number of aromatic carboxylic acids is 1. The summed E-state index contributed by atoms with van der Waals surface area (Å²) in [7, 11) is -5.38. The summed E-state index contributed by atoms with van der Waals surface area (Å²) < 4.78 is 20.1. The highest BCUT2D eigenvalue weighted by Crippen LogP contribution is 2.38. The van der Waals surface area contributed by atoms with Gasteiger partial charge in [-0.05, 0) is 0 Å². The van der Waals surface area contributed by atoms with Gasteiger partial charge < -0.3 is 29.7 Å². The lowest BCUT2D eigenvalue weighted by molar-refractivity contribution is -0.0564.